The van der Waals surface area contributed by atoms with E-state index in [1.807, 2.05) is 0 Å². The summed E-state index contributed by atoms with van der Waals surface area (Å²) in [4.78, 5) is 47.3. The lowest BCUT2D eigenvalue weighted by atomic mass is 10.0. The Balaban J connectivity index is 3.07. The summed E-state index contributed by atoms with van der Waals surface area (Å²) in [5, 5.41) is 2.16. The number of nitrogens with zero attached hydrogens (tertiary/aromatic N) is 1. The first kappa shape index (κ1) is 16.4. The number of piperidine rings is 1. The third-order valence-electron chi connectivity index (χ3n) is 3.18. The summed E-state index contributed by atoms with van der Waals surface area (Å²) in [6.07, 6.45) is 1.97. The fourth-order valence-corrected chi connectivity index (χ4v) is 1.98. The van der Waals surface area contributed by atoms with Crippen molar-refractivity contribution >= 4 is 24.0 Å². The zero-order chi connectivity index (χ0) is 16.2. The molecule has 1 saturated heterocycles. The van der Waals surface area contributed by atoms with Crippen molar-refractivity contribution in [3.8, 4) is 0 Å². The lowest BCUT2D eigenvalue weighted by Crippen LogP contribution is -2.53. The van der Waals surface area contributed by atoms with E-state index in [0.29, 0.717) is 6.29 Å². The summed E-state index contributed by atoms with van der Waals surface area (Å²) in [6, 6.07) is -0.803. The summed E-state index contributed by atoms with van der Waals surface area (Å²) in [7, 11) is 1.40. The summed E-state index contributed by atoms with van der Waals surface area (Å²) in [6.45, 7) is 6.91. The van der Waals surface area contributed by atoms with Gasteiger partial charge in [0.2, 0.25) is 11.8 Å². The van der Waals surface area contributed by atoms with E-state index in [4.69, 9.17) is 5.73 Å². The maximum absolute atomic E-state index is 12.4. The van der Waals surface area contributed by atoms with Crippen molar-refractivity contribution in [2.45, 2.75) is 18.9 Å². The van der Waals surface area contributed by atoms with Crippen molar-refractivity contribution in [1.29, 1.82) is 0 Å². The van der Waals surface area contributed by atoms with Gasteiger partial charge in [-0.15, -0.1) is 0 Å². The van der Waals surface area contributed by atoms with Crippen molar-refractivity contribution in [2.75, 3.05) is 7.05 Å². The number of amides is 3. The van der Waals surface area contributed by atoms with E-state index in [2.05, 4.69) is 18.5 Å². The average molecular weight is 291 g/mol. The molecule has 0 aliphatic carbocycles. The fourth-order valence-electron chi connectivity index (χ4n) is 1.98. The Morgan fingerprint density at radius 2 is 2.10 bits per heavy atom. The zero-order valence-electron chi connectivity index (χ0n) is 11.7. The van der Waals surface area contributed by atoms with Crippen LogP contribution >= 0.6 is 0 Å². The minimum atomic E-state index is -0.803. The first-order chi connectivity index (χ1) is 9.83. The molecule has 112 valence electrons. The molecule has 0 bridgehead atoms. The van der Waals surface area contributed by atoms with Crippen LogP contribution in [0, 0.1) is 0 Å². The van der Waals surface area contributed by atoms with Gasteiger partial charge in [0.05, 0.1) is 5.57 Å². The quantitative estimate of drug-likeness (QED) is 0.304. The van der Waals surface area contributed by atoms with Gasteiger partial charge in [-0.05, 0) is 12.5 Å². The third kappa shape index (κ3) is 3.44. The first-order valence-electron chi connectivity index (χ1n) is 6.21. The summed E-state index contributed by atoms with van der Waals surface area (Å²) in [5.74, 6) is -1.56. The maximum atomic E-state index is 12.4. The van der Waals surface area contributed by atoms with Crippen molar-refractivity contribution in [3.05, 3.63) is 36.1 Å². The number of rotatable bonds is 5. The molecule has 0 radical (unpaired) electrons. The van der Waals surface area contributed by atoms with E-state index in [-0.39, 0.29) is 35.6 Å². The van der Waals surface area contributed by atoms with Crippen LogP contribution in [0.1, 0.15) is 12.8 Å². The van der Waals surface area contributed by atoms with Gasteiger partial charge in [0.1, 0.15) is 12.3 Å². The molecule has 1 aliphatic heterocycles. The molecule has 3 N–H and O–H groups in total. The van der Waals surface area contributed by atoms with Crippen LogP contribution in [-0.2, 0) is 19.2 Å². The summed E-state index contributed by atoms with van der Waals surface area (Å²) in [5.41, 5.74) is 5.45. The molecule has 7 nitrogen and oxygen atoms in total. The number of carbonyl (C=O) groups excluding carboxylic acids is 4. The van der Waals surface area contributed by atoms with Gasteiger partial charge >= 0.3 is 0 Å². The van der Waals surface area contributed by atoms with Crippen LogP contribution < -0.4 is 11.1 Å². The number of imide groups is 1. The number of carbonyl (C=O) groups is 4. The molecule has 1 rings (SSSR count). The minimum Gasteiger partial charge on any atom is -0.398 e. The van der Waals surface area contributed by atoms with Crippen LogP contribution in [0.3, 0.4) is 0 Å². The molecule has 1 fully saturated rings. The molecule has 1 atom stereocenters. The van der Waals surface area contributed by atoms with E-state index in [1.165, 1.54) is 13.1 Å². The second kappa shape index (κ2) is 6.65. The largest absolute Gasteiger partial charge is 0.398 e. The zero-order valence-corrected chi connectivity index (χ0v) is 11.7. The van der Waals surface area contributed by atoms with Gasteiger partial charge in [-0.1, -0.05) is 13.2 Å². The minimum absolute atomic E-state index is 0.00348. The molecule has 0 aromatic carbocycles. The SMILES string of the molecule is C=C/C(N)=C(\C(=C)C=O)C(=O)N(C)C1CCC(=O)NC1=O. The van der Waals surface area contributed by atoms with E-state index in [9.17, 15) is 19.2 Å². The van der Waals surface area contributed by atoms with Gasteiger partial charge in [-0.25, -0.2) is 0 Å². The first-order valence-corrected chi connectivity index (χ1v) is 6.21. The normalized spacial score (nSPS) is 19.2. The molecule has 0 saturated carbocycles. The lowest BCUT2D eigenvalue weighted by Gasteiger charge is -2.30. The second-order valence-electron chi connectivity index (χ2n) is 4.56. The van der Waals surface area contributed by atoms with Crippen LogP contribution in [-0.4, -0.2) is 42.0 Å². The smallest absolute Gasteiger partial charge is 0.257 e. The Labute approximate surface area is 122 Å². The Kier molecular flexibility index (Phi) is 5.18. The number of allylic oxidation sites excluding steroid dienone is 1. The maximum Gasteiger partial charge on any atom is 0.257 e. The molecule has 1 aliphatic rings. The lowest BCUT2D eigenvalue weighted by molar-refractivity contribution is -0.142. The van der Waals surface area contributed by atoms with Crippen molar-refractivity contribution < 1.29 is 19.2 Å². The second-order valence-corrected chi connectivity index (χ2v) is 4.56. The predicted molar refractivity (Wildman–Crippen MR) is 75.6 cm³/mol. The van der Waals surface area contributed by atoms with Gasteiger partial charge in [-0.3, -0.25) is 24.5 Å². The van der Waals surface area contributed by atoms with Crippen molar-refractivity contribution in [1.82, 2.24) is 10.2 Å². The molecular weight excluding hydrogens is 274 g/mol. The molecule has 7 heteroatoms. The molecule has 3 amide bonds. The van der Waals surface area contributed by atoms with Gasteiger partial charge in [0.15, 0.2) is 0 Å². The van der Waals surface area contributed by atoms with Crippen LogP contribution in [0.25, 0.3) is 0 Å². The van der Waals surface area contributed by atoms with Crippen molar-refractivity contribution in [2.24, 2.45) is 5.73 Å². The molecule has 0 aromatic rings. The number of likely N-dealkylation sites (N-methyl/N-ethyl adjacent to an activating group) is 1. The number of nitrogens with one attached hydrogen (secondary N) is 1. The number of aldehydes is 1. The topological polar surface area (TPSA) is 110 Å². The average Bonchev–Trinajstić information content (AvgIpc) is 2.46. The number of hydrogen-bond donors (Lipinski definition) is 2. The van der Waals surface area contributed by atoms with Gasteiger partial charge in [0.25, 0.3) is 5.91 Å². The van der Waals surface area contributed by atoms with Gasteiger partial charge in [0, 0.05) is 24.7 Å². The van der Waals surface area contributed by atoms with Crippen LogP contribution in [0.4, 0.5) is 0 Å². The highest BCUT2D eigenvalue weighted by Gasteiger charge is 2.34. The van der Waals surface area contributed by atoms with Crippen molar-refractivity contribution in [3.63, 3.8) is 0 Å². The number of hydrogen-bond acceptors (Lipinski definition) is 5. The Hall–Kier alpha value is -2.70. The Morgan fingerprint density at radius 3 is 2.57 bits per heavy atom. The third-order valence-corrected chi connectivity index (χ3v) is 3.18. The standard InChI is InChI=1S/C14H17N3O4/c1-4-9(15)12(8(2)7-18)14(21)17(3)10-5-6-11(19)16-13(10)20/h4,7,10H,1-2,5-6,15H2,3H3,(H,16,19,20)/b12-9-. The number of nitrogens with two attached hydrogens (primary N) is 1. The fraction of sp³-hybridized carbons (Fsp3) is 0.286. The predicted octanol–water partition coefficient (Wildman–Crippen LogP) is -0.596. The Bertz CT molecular complexity index is 563. The highest BCUT2D eigenvalue weighted by atomic mass is 16.2. The van der Waals surface area contributed by atoms with E-state index in [1.54, 1.807) is 0 Å². The Morgan fingerprint density at radius 1 is 1.48 bits per heavy atom. The van der Waals surface area contributed by atoms with Crippen LogP contribution in [0.15, 0.2) is 36.1 Å². The van der Waals surface area contributed by atoms with E-state index in [0.717, 1.165) is 4.90 Å². The highest BCUT2D eigenvalue weighted by Crippen LogP contribution is 2.18. The molecule has 21 heavy (non-hydrogen) atoms. The molecule has 0 spiro atoms. The summed E-state index contributed by atoms with van der Waals surface area (Å²) < 4.78 is 0. The van der Waals surface area contributed by atoms with Crippen LogP contribution in [0.5, 0.6) is 0 Å². The van der Waals surface area contributed by atoms with Crippen LogP contribution in [0.2, 0.25) is 0 Å². The van der Waals surface area contributed by atoms with Gasteiger partial charge in [-0.2, -0.15) is 0 Å². The van der Waals surface area contributed by atoms with E-state index >= 15 is 0 Å². The summed E-state index contributed by atoms with van der Waals surface area (Å²) >= 11 is 0. The molecular formula is C14H17N3O4. The highest BCUT2D eigenvalue weighted by molar-refractivity contribution is 6.08. The van der Waals surface area contributed by atoms with E-state index < -0.39 is 17.9 Å². The molecule has 1 unspecified atom stereocenters. The molecule has 0 aromatic heterocycles. The van der Waals surface area contributed by atoms with Gasteiger partial charge < -0.3 is 10.6 Å². The monoisotopic (exact) mass is 291 g/mol. The molecule has 1 heterocycles.